The number of imidazole rings is 1. The van der Waals surface area contributed by atoms with Gasteiger partial charge in [-0.3, -0.25) is 4.79 Å². The molecule has 6 nitrogen and oxygen atoms in total. The van der Waals surface area contributed by atoms with E-state index in [1.54, 1.807) is 0 Å². The molecule has 2 aliphatic rings. The van der Waals surface area contributed by atoms with Gasteiger partial charge in [-0.15, -0.1) is 0 Å². The number of hydrogen-bond acceptors (Lipinski definition) is 4. The predicted molar refractivity (Wildman–Crippen MR) is 123 cm³/mol. The zero-order valence-corrected chi connectivity index (χ0v) is 18.3. The Morgan fingerprint density at radius 1 is 1.13 bits per heavy atom. The lowest BCUT2D eigenvalue weighted by molar-refractivity contribution is 0.282. The molecule has 1 atom stereocenters. The van der Waals surface area contributed by atoms with Crippen molar-refractivity contribution in [2.45, 2.75) is 58.0 Å². The number of rotatable bonds is 2. The van der Waals surface area contributed by atoms with E-state index in [4.69, 9.17) is 5.10 Å². The molecule has 31 heavy (non-hydrogen) atoms. The third-order valence-corrected chi connectivity index (χ3v) is 7.11. The molecule has 0 bridgehead atoms. The van der Waals surface area contributed by atoms with E-state index < -0.39 is 0 Å². The number of nitrogens with zero attached hydrogens (tertiary/aromatic N) is 4. The molecular formula is C25H27N5O. The Labute approximate surface area is 180 Å². The minimum atomic E-state index is 0.133. The highest BCUT2D eigenvalue weighted by Gasteiger charge is 2.46. The van der Waals surface area contributed by atoms with Crippen LogP contribution in [0.4, 0.5) is 0 Å². The lowest BCUT2D eigenvalue weighted by Gasteiger charge is -2.32. The third-order valence-electron chi connectivity index (χ3n) is 7.11. The van der Waals surface area contributed by atoms with Crippen LogP contribution in [0.15, 0.2) is 41.5 Å². The zero-order valence-electron chi connectivity index (χ0n) is 18.3. The van der Waals surface area contributed by atoms with Crippen molar-refractivity contribution in [2.75, 3.05) is 6.54 Å². The van der Waals surface area contributed by atoms with Gasteiger partial charge >= 0.3 is 0 Å². The van der Waals surface area contributed by atoms with Gasteiger partial charge in [0.15, 0.2) is 5.65 Å². The molecule has 158 valence electrons. The molecule has 0 amide bonds. The van der Waals surface area contributed by atoms with Crippen molar-refractivity contribution >= 4 is 16.4 Å². The number of aryl methyl sites for hydroxylation is 3. The number of aromatic nitrogens is 4. The molecule has 0 radical (unpaired) electrons. The van der Waals surface area contributed by atoms with E-state index in [0.717, 1.165) is 63.9 Å². The summed E-state index contributed by atoms with van der Waals surface area (Å²) >= 11 is 0. The number of benzene rings is 1. The fourth-order valence-electron chi connectivity index (χ4n) is 5.32. The summed E-state index contributed by atoms with van der Waals surface area (Å²) in [5.41, 5.74) is 6.28. The fraction of sp³-hybridized carbons (Fsp3) is 0.400. The van der Waals surface area contributed by atoms with Gasteiger partial charge in [0, 0.05) is 23.3 Å². The highest BCUT2D eigenvalue weighted by Crippen LogP contribution is 2.45. The van der Waals surface area contributed by atoms with Gasteiger partial charge in [0.2, 0.25) is 0 Å². The third kappa shape index (κ3) is 3.00. The van der Waals surface area contributed by atoms with Crippen LogP contribution in [-0.2, 0) is 0 Å². The van der Waals surface area contributed by atoms with Gasteiger partial charge in [-0.1, -0.05) is 0 Å². The molecule has 1 N–H and O–H groups in total. The molecule has 6 heteroatoms. The Balaban J connectivity index is 1.45. The highest BCUT2D eigenvalue weighted by atomic mass is 16.1. The van der Waals surface area contributed by atoms with Crippen molar-refractivity contribution in [1.29, 1.82) is 0 Å². The Kier molecular flexibility index (Phi) is 3.93. The molecule has 1 aromatic carbocycles. The molecule has 1 saturated carbocycles. The minimum Gasteiger partial charge on any atom is -0.312 e. The van der Waals surface area contributed by atoms with Gasteiger partial charge < -0.3 is 9.88 Å². The normalized spacial score (nSPS) is 20.0. The second-order valence-corrected chi connectivity index (χ2v) is 9.50. The molecule has 4 heterocycles. The van der Waals surface area contributed by atoms with Crippen molar-refractivity contribution in [1.82, 2.24) is 24.5 Å². The lowest BCUT2D eigenvalue weighted by atomic mass is 9.96. The van der Waals surface area contributed by atoms with Gasteiger partial charge in [-0.2, -0.15) is 5.10 Å². The van der Waals surface area contributed by atoms with E-state index in [-0.39, 0.29) is 11.6 Å². The van der Waals surface area contributed by atoms with E-state index >= 15 is 0 Å². The topological polar surface area (TPSA) is 64.2 Å². The van der Waals surface area contributed by atoms with Gasteiger partial charge in [0.05, 0.1) is 23.0 Å². The Morgan fingerprint density at radius 2 is 1.97 bits per heavy atom. The summed E-state index contributed by atoms with van der Waals surface area (Å²) in [6.45, 7) is 7.07. The first-order chi connectivity index (χ1) is 14.9. The summed E-state index contributed by atoms with van der Waals surface area (Å²) in [5.74, 6) is 0. The molecule has 2 fully saturated rings. The molecule has 1 spiro atoms. The van der Waals surface area contributed by atoms with Gasteiger partial charge in [-0.05, 0) is 93.8 Å². The molecule has 1 saturated heterocycles. The molecule has 1 aliphatic carbocycles. The summed E-state index contributed by atoms with van der Waals surface area (Å²) in [7, 11) is 0. The predicted octanol–water partition coefficient (Wildman–Crippen LogP) is 4.09. The van der Waals surface area contributed by atoms with Crippen LogP contribution in [0.5, 0.6) is 0 Å². The largest absolute Gasteiger partial charge is 0.312 e. The number of piperidine rings is 1. The van der Waals surface area contributed by atoms with Crippen LogP contribution in [0.25, 0.3) is 27.7 Å². The van der Waals surface area contributed by atoms with Crippen LogP contribution < -0.4 is 10.9 Å². The second-order valence-electron chi connectivity index (χ2n) is 9.50. The van der Waals surface area contributed by atoms with Crippen LogP contribution >= 0.6 is 0 Å². The summed E-state index contributed by atoms with van der Waals surface area (Å²) in [6, 6.07) is 8.65. The van der Waals surface area contributed by atoms with Crippen molar-refractivity contribution < 1.29 is 0 Å². The first kappa shape index (κ1) is 18.8. The maximum Gasteiger partial charge on any atom is 0.258 e. The monoisotopic (exact) mass is 413 g/mol. The van der Waals surface area contributed by atoms with Crippen molar-refractivity contribution in [3.8, 4) is 11.3 Å². The summed E-state index contributed by atoms with van der Waals surface area (Å²) in [6.07, 6.45) is 8.49. The SMILES string of the molecule is Cc1cn2nc(-c3cc(C)c4c(=O)n(C5CCNC6(CC6)C5)ccc4c3)cc(C)c2n1. The molecular weight excluding hydrogens is 386 g/mol. The first-order valence-corrected chi connectivity index (χ1v) is 11.2. The maximum absolute atomic E-state index is 13.5. The molecule has 6 rings (SSSR count). The van der Waals surface area contributed by atoms with E-state index in [1.165, 1.54) is 12.8 Å². The van der Waals surface area contributed by atoms with Crippen LogP contribution in [0.3, 0.4) is 0 Å². The molecule has 1 unspecified atom stereocenters. The molecule has 3 aromatic heterocycles. The standard InChI is InChI=1S/C25H27N5O/c1-15-10-19(21-11-16(2)23-27-17(3)14-30(23)28-21)12-18-5-9-29(24(31)22(15)18)20-4-8-26-25(13-20)6-7-25/h5,9-12,14,20,26H,4,6-8,13H2,1-3H3. The van der Waals surface area contributed by atoms with E-state index in [9.17, 15) is 4.79 Å². The average Bonchev–Trinajstić information content (AvgIpc) is 3.35. The smallest absolute Gasteiger partial charge is 0.258 e. The Morgan fingerprint density at radius 3 is 2.77 bits per heavy atom. The van der Waals surface area contributed by atoms with Crippen LogP contribution in [-0.4, -0.2) is 31.2 Å². The molecule has 4 aromatic rings. The van der Waals surface area contributed by atoms with Crippen molar-refractivity contribution in [2.24, 2.45) is 0 Å². The van der Waals surface area contributed by atoms with Crippen molar-refractivity contribution in [3.05, 3.63) is 63.8 Å². The van der Waals surface area contributed by atoms with E-state index in [2.05, 4.69) is 41.5 Å². The van der Waals surface area contributed by atoms with Gasteiger partial charge in [-0.25, -0.2) is 9.50 Å². The Bertz CT molecular complexity index is 1410. The maximum atomic E-state index is 13.5. The second kappa shape index (κ2) is 6.50. The summed E-state index contributed by atoms with van der Waals surface area (Å²) in [4.78, 5) is 18.0. The highest BCUT2D eigenvalue weighted by molar-refractivity contribution is 5.89. The van der Waals surface area contributed by atoms with E-state index in [1.807, 2.05) is 35.3 Å². The van der Waals surface area contributed by atoms with Crippen LogP contribution in [0.2, 0.25) is 0 Å². The number of fused-ring (bicyclic) bond motifs is 2. The zero-order chi connectivity index (χ0) is 21.3. The quantitative estimate of drug-likeness (QED) is 0.538. The van der Waals surface area contributed by atoms with Crippen LogP contribution in [0.1, 0.15) is 48.5 Å². The fourth-order valence-corrected chi connectivity index (χ4v) is 5.32. The van der Waals surface area contributed by atoms with E-state index in [0.29, 0.717) is 5.54 Å². The number of nitrogens with one attached hydrogen (secondary N) is 1. The number of pyridine rings is 1. The molecule has 1 aliphatic heterocycles. The summed E-state index contributed by atoms with van der Waals surface area (Å²) < 4.78 is 3.83. The van der Waals surface area contributed by atoms with Gasteiger partial charge in [0.25, 0.3) is 5.56 Å². The number of hydrogen-bond donors (Lipinski definition) is 1. The lowest BCUT2D eigenvalue weighted by Crippen LogP contribution is -2.42. The van der Waals surface area contributed by atoms with Crippen LogP contribution in [0, 0.1) is 20.8 Å². The summed E-state index contributed by atoms with van der Waals surface area (Å²) in [5, 5.41) is 10.2. The minimum absolute atomic E-state index is 0.133. The average molecular weight is 414 g/mol. The first-order valence-electron chi connectivity index (χ1n) is 11.2. The van der Waals surface area contributed by atoms with Gasteiger partial charge in [0.1, 0.15) is 0 Å². The Hall–Kier alpha value is -2.99. The van der Waals surface area contributed by atoms with Crippen molar-refractivity contribution in [3.63, 3.8) is 0 Å².